The van der Waals surface area contributed by atoms with Gasteiger partial charge >= 0.3 is 0 Å². The molecule has 6 heteroatoms. The van der Waals surface area contributed by atoms with Crippen LogP contribution in [0.25, 0.3) is 6.08 Å². The van der Waals surface area contributed by atoms with Gasteiger partial charge in [0.15, 0.2) is 0 Å². The van der Waals surface area contributed by atoms with E-state index >= 15 is 0 Å². The zero-order valence-corrected chi connectivity index (χ0v) is 10.9. The van der Waals surface area contributed by atoms with Crippen molar-refractivity contribution in [3.63, 3.8) is 0 Å². The third-order valence-electron chi connectivity index (χ3n) is 2.68. The summed E-state index contributed by atoms with van der Waals surface area (Å²) in [5.74, 6) is -0.725. The Morgan fingerprint density at radius 3 is 2.57 bits per heavy atom. The molecule has 0 aromatic heterocycles. The molecule has 0 heterocycles. The van der Waals surface area contributed by atoms with Gasteiger partial charge in [-0.15, -0.1) is 0 Å². The predicted octanol–water partition coefficient (Wildman–Crippen LogP) is 2.95. The first-order valence-electron chi connectivity index (χ1n) is 6.08. The minimum Gasteiger partial charge on any atom is -0.506 e. The largest absolute Gasteiger partial charge is 0.506 e. The molecule has 0 fully saturated rings. The lowest BCUT2D eigenvalue weighted by molar-refractivity contribution is -0.384. The Kier molecular flexibility index (Phi) is 4.30. The number of nitro groups is 1. The molecule has 2 aromatic carbocycles. The monoisotopic (exact) mass is 284 g/mol. The Labute approximate surface area is 120 Å². The number of carbonyl (C=O) groups is 1. The van der Waals surface area contributed by atoms with Gasteiger partial charge in [0.25, 0.3) is 5.69 Å². The number of nitrogens with one attached hydrogen (secondary N) is 1. The fourth-order valence-electron chi connectivity index (χ4n) is 1.65. The number of amides is 1. The molecule has 2 aromatic rings. The van der Waals surface area contributed by atoms with Crippen molar-refractivity contribution in [2.75, 3.05) is 5.32 Å². The first kappa shape index (κ1) is 14.3. The summed E-state index contributed by atoms with van der Waals surface area (Å²) in [5.41, 5.74) is 0.623. The van der Waals surface area contributed by atoms with Gasteiger partial charge in [-0.05, 0) is 17.7 Å². The number of benzene rings is 2. The molecule has 0 bridgehead atoms. The molecule has 2 rings (SSSR count). The minimum atomic E-state index is -0.602. The molecule has 6 nitrogen and oxygen atoms in total. The lowest BCUT2D eigenvalue weighted by Crippen LogP contribution is -2.08. The predicted molar refractivity (Wildman–Crippen MR) is 78.9 cm³/mol. The number of carbonyl (C=O) groups excluding carboxylic acids is 1. The van der Waals surface area contributed by atoms with E-state index in [1.807, 2.05) is 30.3 Å². The van der Waals surface area contributed by atoms with Crippen LogP contribution in [0.1, 0.15) is 5.56 Å². The molecule has 21 heavy (non-hydrogen) atoms. The van der Waals surface area contributed by atoms with Gasteiger partial charge in [-0.3, -0.25) is 14.9 Å². The SMILES string of the molecule is O=C(C=Cc1ccccc1)Nc1cc([N+](=O)[O-])ccc1O. The van der Waals surface area contributed by atoms with Gasteiger partial charge in [-0.25, -0.2) is 0 Å². The summed E-state index contributed by atoms with van der Waals surface area (Å²) in [6.07, 6.45) is 2.89. The van der Waals surface area contributed by atoms with Gasteiger partial charge in [0.05, 0.1) is 10.6 Å². The third-order valence-corrected chi connectivity index (χ3v) is 2.68. The number of non-ortho nitro benzene ring substituents is 1. The van der Waals surface area contributed by atoms with Crippen LogP contribution in [0.2, 0.25) is 0 Å². The minimum absolute atomic E-state index is 0.00749. The topological polar surface area (TPSA) is 92.5 Å². The number of phenols is 1. The standard InChI is InChI=1S/C15H12N2O4/c18-14-8-7-12(17(20)21)10-13(14)16-15(19)9-6-11-4-2-1-3-5-11/h1-10,18H,(H,16,19). The molecule has 0 saturated heterocycles. The maximum absolute atomic E-state index is 11.7. The summed E-state index contributed by atoms with van der Waals surface area (Å²) in [6.45, 7) is 0. The second kappa shape index (κ2) is 6.33. The third kappa shape index (κ3) is 3.90. The van der Waals surface area contributed by atoms with E-state index in [0.29, 0.717) is 0 Å². The normalized spacial score (nSPS) is 10.5. The fourth-order valence-corrected chi connectivity index (χ4v) is 1.65. The van der Waals surface area contributed by atoms with E-state index in [1.165, 1.54) is 6.08 Å². The number of anilines is 1. The molecule has 0 aliphatic heterocycles. The molecule has 0 atom stereocenters. The number of rotatable bonds is 4. The summed E-state index contributed by atoms with van der Waals surface area (Å²) >= 11 is 0. The van der Waals surface area contributed by atoms with Crippen LogP contribution in [0.15, 0.2) is 54.6 Å². The smallest absolute Gasteiger partial charge is 0.271 e. The first-order chi connectivity index (χ1) is 10.1. The lowest BCUT2D eigenvalue weighted by Gasteiger charge is -2.04. The summed E-state index contributed by atoms with van der Waals surface area (Å²) < 4.78 is 0. The zero-order chi connectivity index (χ0) is 15.2. The van der Waals surface area contributed by atoms with E-state index in [-0.39, 0.29) is 17.1 Å². The highest BCUT2D eigenvalue weighted by Gasteiger charge is 2.11. The van der Waals surface area contributed by atoms with Crippen molar-refractivity contribution in [2.45, 2.75) is 0 Å². The van der Waals surface area contributed by atoms with E-state index in [2.05, 4.69) is 5.32 Å². The maximum atomic E-state index is 11.7. The molecular formula is C15H12N2O4. The van der Waals surface area contributed by atoms with Gasteiger partial charge in [-0.2, -0.15) is 0 Å². The van der Waals surface area contributed by atoms with E-state index < -0.39 is 10.8 Å². The Balaban J connectivity index is 2.11. The number of aromatic hydroxyl groups is 1. The van der Waals surface area contributed by atoms with E-state index in [0.717, 1.165) is 23.8 Å². The Hall–Kier alpha value is -3.15. The van der Waals surface area contributed by atoms with Crippen molar-refractivity contribution in [2.24, 2.45) is 0 Å². The fraction of sp³-hybridized carbons (Fsp3) is 0. The summed E-state index contributed by atoms with van der Waals surface area (Å²) in [4.78, 5) is 21.8. The number of hydrogen-bond acceptors (Lipinski definition) is 4. The second-order valence-corrected chi connectivity index (χ2v) is 4.19. The highest BCUT2D eigenvalue weighted by Crippen LogP contribution is 2.27. The van der Waals surface area contributed by atoms with E-state index in [1.54, 1.807) is 6.08 Å². The number of nitro benzene ring substituents is 1. The number of phenolic OH excluding ortho intramolecular Hbond substituents is 1. The summed E-state index contributed by atoms with van der Waals surface area (Å²) in [5, 5.41) is 22.6. The highest BCUT2D eigenvalue weighted by atomic mass is 16.6. The molecule has 106 valence electrons. The van der Waals surface area contributed by atoms with Crippen LogP contribution < -0.4 is 5.32 Å². The van der Waals surface area contributed by atoms with Gasteiger partial charge in [0.1, 0.15) is 5.75 Å². The maximum Gasteiger partial charge on any atom is 0.271 e. The first-order valence-corrected chi connectivity index (χ1v) is 6.08. The molecule has 0 unspecified atom stereocenters. The number of nitrogens with zero attached hydrogens (tertiary/aromatic N) is 1. The van der Waals surface area contributed by atoms with Crippen LogP contribution in [0.5, 0.6) is 5.75 Å². The second-order valence-electron chi connectivity index (χ2n) is 4.19. The highest BCUT2D eigenvalue weighted by molar-refractivity contribution is 6.02. The summed E-state index contributed by atoms with van der Waals surface area (Å²) in [6, 6.07) is 12.6. The van der Waals surface area contributed by atoms with Crippen LogP contribution in [0, 0.1) is 10.1 Å². The molecule has 0 aliphatic carbocycles. The van der Waals surface area contributed by atoms with Crippen LogP contribution in [0.3, 0.4) is 0 Å². The van der Waals surface area contributed by atoms with E-state index in [9.17, 15) is 20.0 Å². The lowest BCUT2D eigenvalue weighted by atomic mass is 10.2. The zero-order valence-electron chi connectivity index (χ0n) is 10.9. The van der Waals surface area contributed by atoms with Crippen LogP contribution in [0.4, 0.5) is 11.4 Å². The molecule has 0 spiro atoms. The molecule has 0 aliphatic rings. The molecule has 1 amide bonds. The molecule has 0 radical (unpaired) electrons. The van der Waals surface area contributed by atoms with Gasteiger partial charge in [-0.1, -0.05) is 30.3 Å². The van der Waals surface area contributed by atoms with Crippen molar-refractivity contribution < 1.29 is 14.8 Å². The van der Waals surface area contributed by atoms with Crippen molar-refractivity contribution in [1.29, 1.82) is 0 Å². The van der Waals surface area contributed by atoms with Crippen LogP contribution >= 0.6 is 0 Å². The van der Waals surface area contributed by atoms with Crippen LogP contribution in [-0.4, -0.2) is 15.9 Å². The molecular weight excluding hydrogens is 272 g/mol. The van der Waals surface area contributed by atoms with Crippen LogP contribution in [-0.2, 0) is 4.79 Å². The van der Waals surface area contributed by atoms with Crippen molar-refractivity contribution >= 4 is 23.4 Å². The molecule has 2 N–H and O–H groups in total. The van der Waals surface area contributed by atoms with Gasteiger partial charge in [0, 0.05) is 18.2 Å². The van der Waals surface area contributed by atoms with Crippen molar-refractivity contribution in [1.82, 2.24) is 0 Å². The van der Waals surface area contributed by atoms with Crippen molar-refractivity contribution in [3.05, 3.63) is 70.3 Å². The quantitative estimate of drug-likeness (QED) is 0.390. The molecule has 0 saturated carbocycles. The Morgan fingerprint density at radius 2 is 1.90 bits per heavy atom. The van der Waals surface area contributed by atoms with Gasteiger partial charge < -0.3 is 10.4 Å². The number of hydrogen-bond donors (Lipinski definition) is 2. The Morgan fingerprint density at radius 1 is 1.19 bits per heavy atom. The summed E-state index contributed by atoms with van der Waals surface area (Å²) in [7, 11) is 0. The Bertz CT molecular complexity index is 696. The average molecular weight is 284 g/mol. The average Bonchev–Trinajstić information content (AvgIpc) is 2.48. The van der Waals surface area contributed by atoms with Gasteiger partial charge in [0.2, 0.25) is 5.91 Å². The van der Waals surface area contributed by atoms with E-state index in [4.69, 9.17) is 0 Å². The van der Waals surface area contributed by atoms with Crippen molar-refractivity contribution in [3.8, 4) is 5.75 Å².